The van der Waals surface area contributed by atoms with Crippen molar-refractivity contribution in [1.82, 2.24) is 15.1 Å². The Kier molecular flexibility index (Phi) is 18.9. The van der Waals surface area contributed by atoms with Gasteiger partial charge in [0, 0.05) is 13.2 Å². The van der Waals surface area contributed by atoms with Crippen molar-refractivity contribution in [2.75, 3.05) is 46.9 Å². The zero-order valence-electron chi connectivity index (χ0n) is 13.8. The second-order valence-electron chi connectivity index (χ2n) is 4.46. The molecule has 2 fully saturated rings. The van der Waals surface area contributed by atoms with Crippen LogP contribution in [0.25, 0.3) is 0 Å². The van der Waals surface area contributed by atoms with E-state index in [4.69, 9.17) is 0 Å². The predicted molar refractivity (Wildman–Crippen MR) is 84.2 cm³/mol. The molecule has 2 heterocycles. The Bertz CT molecular complexity index is 112. The predicted octanol–water partition coefficient (Wildman–Crippen LogP) is 3.02. The molecule has 0 bridgehead atoms. The molecule has 0 aromatic rings. The molecule has 0 aromatic carbocycles. The van der Waals surface area contributed by atoms with Gasteiger partial charge in [-0.2, -0.15) is 0 Å². The molecule has 0 aromatic heterocycles. The largest absolute Gasteiger partial charge is 0.306 e. The highest BCUT2D eigenvalue weighted by molar-refractivity contribution is 4.58. The van der Waals surface area contributed by atoms with Crippen molar-refractivity contribution in [3.63, 3.8) is 0 Å². The number of rotatable bonds is 0. The molecule has 2 rings (SSSR count). The van der Waals surface area contributed by atoms with Crippen molar-refractivity contribution in [1.29, 1.82) is 0 Å². The van der Waals surface area contributed by atoms with Crippen LogP contribution in [0.5, 0.6) is 0 Å². The summed E-state index contributed by atoms with van der Waals surface area (Å²) in [6.45, 7) is 14.2. The van der Waals surface area contributed by atoms with E-state index in [0.717, 1.165) is 6.67 Å². The van der Waals surface area contributed by atoms with Gasteiger partial charge in [0.15, 0.2) is 0 Å². The lowest BCUT2D eigenvalue weighted by atomic mass is 10.1. The molecule has 0 radical (unpaired) electrons. The second-order valence-corrected chi connectivity index (χ2v) is 4.46. The van der Waals surface area contributed by atoms with E-state index >= 15 is 0 Å². The molecule has 2 aliphatic heterocycles. The van der Waals surface area contributed by atoms with Gasteiger partial charge >= 0.3 is 0 Å². The standard InChI is InChI=1S/C6H13N.C5H12N2.2C2H6/c1-7-5-3-2-4-6-7;1-7-4-2-3-6-5-7;2*1-2/h2-6H2,1H3;6H,2-5H2,1H3;2*1-2H3. The van der Waals surface area contributed by atoms with Gasteiger partial charge in [-0.05, 0) is 53.0 Å². The van der Waals surface area contributed by atoms with Gasteiger partial charge in [0.05, 0.1) is 0 Å². The first-order valence-corrected chi connectivity index (χ1v) is 7.87. The highest BCUT2D eigenvalue weighted by atomic mass is 15.2. The summed E-state index contributed by atoms with van der Waals surface area (Å²) in [5, 5.41) is 3.26. The van der Waals surface area contributed by atoms with E-state index in [1.165, 1.54) is 51.9 Å². The molecule has 3 heteroatoms. The van der Waals surface area contributed by atoms with Gasteiger partial charge in [-0.15, -0.1) is 0 Å². The molecular weight excluding hydrogens is 222 g/mol. The molecule has 0 amide bonds. The Morgan fingerprint density at radius 3 is 1.39 bits per heavy atom. The average Bonchev–Trinajstić information content (AvgIpc) is 2.46. The zero-order valence-corrected chi connectivity index (χ0v) is 13.8. The summed E-state index contributed by atoms with van der Waals surface area (Å²) < 4.78 is 0. The molecule has 0 spiro atoms. The van der Waals surface area contributed by atoms with E-state index in [0.29, 0.717) is 0 Å². The minimum Gasteiger partial charge on any atom is -0.306 e. The lowest BCUT2D eigenvalue weighted by Crippen LogP contribution is -2.38. The third-order valence-corrected chi connectivity index (χ3v) is 2.85. The van der Waals surface area contributed by atoms with Gasteiger partial charge in [0.2, 0.25) is 0 Å². The van der Waals surface area contributed by atoms with Crippen molar-refractivity contribution in [3.05, 3.63) is 0 Å². The van der Waals surface area contributed by atoms with Gasteiger partial charge in [-0.25, -0.2) is 0 Å². The van der Waals surface area contributed by atoms with Crippen molar-refractivity contribution >= 4 is 0 Å². The molecule has 0 saturated carbocycles. The van der Waals surface area contributed by atoms with Crippen LogP contribution in [0, 0.1) is 0 Å². The molecular formula is C15H37N3. The summed E-state index contributed by atoms with van der Waals surface area (Å²) in [5.74, 6) is 0. The Morgan fingerprint density at radius 1 is 0.667 bits per heavy atom. The van der Waals surface area contributed by atoms with Crippen LogP contribution >= 0.6 is 0 Å². The number of hydrogen-bond donors (Lipinski definition) is 1. The summed E-state index contributed by atoms with van der Waals surface area (Å²) in [6.07, 6.45) is 5.58. The zero-order chi connectivity index (χ0) is 14.2. The van der Waals surface area contributed by atoms with Crippen LogP contribution in [0.3, 0.4) is 0 Å². The van der Waals surface area contributed by atoms with Crippen LogP contribution in [0.15, 0.2) is 0 Å². The summed E-state index contributed by atoms with van der Waals surface area (Å²) in [6, 6.07) is 0. The molecule has 1 N–H and O–H groups in total. The molecule has 0 atom stereocenters. The van der Waals surface area contributed by atoms with E-state index < -0.39 is 0 Å². The number of hydrogen-bond acceptors (Lipinski definition) is 3. The van der Waals surface area contributed by atoms with E-state index in [2.05, 4.69) is 29.2 Å². The molecule has 3 nitrogen and oxygen atoms in total. The van der Waals surface area contributed by atoms with E-state index in [9.17, 15) is 0 Å². The fourth-order valence-electron chi connectivity index (χ4n) is 1.87. The van der Waals surface area contributed by atoms with Crippen LogP contribution in [0.4, 0.5) is 0 Å². The fraction of sp³-hybridized carbons (Fsp3) is 1.00. The fourth-order valence-corrected chi connectivity index (χ4v) is 1.87. The summed E-state index contributed by atoms with van der Waals surface area (Å²) in [4.78, 5) is 4.67. The summed E-state index contributed by atoms with van der Waals surface area (Å²) in [7, 11) is 4.32. The molecule has 112 valence electrons. The quantitative estimate of drug-likeness (QED) is 0.721. The van der Waals surface area contributed by atoms with Crippen LogP contribution in [0.1, 0.15) is 53.4 Å². The average molecular weight is 259 g/mol. The molecule has 2 aliphatic rings. The van der Waals surface area contributed by atoms with Crippen LogP contribution in [-0.4, -0.2) is 56.7 Å². The smallest absolute Gasteiger partial charge is 0.0477 e. The number of nitrogens with one attached hydrogen (secondary N) is 1. The first-order valence-electron chi connectivity index (χ1n) is 7.87. The van der Waals surface area contributed by atoms with Crippen LogP contribution < -0.4 is 5.32 Å². The monoisotopic (exact) mass is 259 g/mol. The summed E-state index contributed by atoms with van der Waals surface area (Å²) in [5.41, 5.74) is 0. The number of likely N-dealkylation sites (tertiary alicyclic amines) is 1. The molecule has 0 aliphatic carbocycles. The third kappa shape index (κ3) is 13.9. The lowest BCUT2D eigenvalue weighted by molar-refractivity contribution is 0.261. The molecule has 18 heavy (non-hydrogen) atoms. The minimum absolute atomic E-state index is 1.07. The van der Waals surface area contributed by atoms with E-state index in [1.807, 2.05) is 27.7 Å². The van der Waals surface area contributed by atoms with Crippen molar-refractivity contribution in [2.24, 2.45) is 0 Å². The van der Waals surface area contributed by atoms with Crippen LogP contribution in [0.2, 0.25) is 0 Å². The van der Waals surface area contributed by atoms with E-state index in [-0.39, 0.29) is 0 Å². The highest BCUT2D eigenvalue weighted by Gasteiger charge is 2.02. The Balaban J connectivity index is 0. The van der Waals surface area contributed by atoms with E-state index in [1.54, 1.807) is 0 Å². The maximum Gasteiger partial charge on any atom is 0.0477 e. The SMILES string of the molecule is CC.CC.CN1CCCCC1.CN1CCCNC1. The van der Waals surface area contributed by atoms with Crippen molar-refractivity contribution < 1.29 is 0 Å². The Morgan fingerprint density at radius 2 is 1.17 bits per heavy atom. The van der Waals surface area contributed by atoms with Gasteiger partial charge in [0.25, 0.3) is 0 Å². The minimum atomic E-state index is 1.07. The number of nitrogens with zero attached hydrogens (tertiary/aromatic N) is 2. The van der Waals surface area contributed by atoms with Crippen LogP contribution in [-0.2, 0) is 0 Å². The topological polar surface area (TPSA) is 18.5 Å². The first-order chi connectivity index (χ1) is 8.79. The first kappa shape index (κ1) is 20.2. The maximum absolute atomic E-state index is 3.26. The van der Waals surface area contributed by atoms with Gasteiger partial charge < -0.3 is 10.2 Å². The lowest BCUT2D eigenvalue weighted by Gasteiger charge is -2.22. The Labute approximate surface area is 116 Å². The van der Waals surface area contributed by atoms with Crippen molar-refractivity contribution in [3.8, 4) is 0 Å². The third-order valence-electron chi connectivity index (χ3n) is 2.85. The van der Waals surface area contributed by atoms with Gasteiger partial charge in [0.1, 0.15) is 0 Å². The second kappa shape index (κ2) is 16.9. The normalized spacial score (nSPS) is 20.3. The molecule has 0 unspecified atom stereocenters. The van der Waals surface area contributed by atoms with Crippen molar-refractivity contribution in [2.45, 2.75) is 53.4 Å². The highest BCUT2D eigenvalue weighted by Crippen LogP contribution is 2.04. The maximum atomic E-state index is 3.26. The van der Waals surface area contributed by atoms with Gasteiger partial charge in [-0.3, -0.25) is 4.90 Å². The number of piperidine rings is 1. The summed E-state index contributed by atoms with van der Waals surface area (Å²) >= 11 is 0. The Hall–Kier alpha value is -0.120. The molecule has 2 saturated heterocycles. The van der Waals surface area contributed by atoms with Gasteiger partial charge in [-0.1, -0.05) is 34.1 Å².